The zero-order chi connectivity index (χ0) is 12.7. The molecule has 96 valence electrons. The lowest BCUT2D eigenvalue weighted by atomic mass is 9.96. The third-order valence-electron chi connectivity index (χ3n) is 2.96. The molecule has 1 rings (SSSR count). The largest absolute Gasteiger partial charge is 0.316 e. The van der Waals surface area contributed by atoms with E-state index in [1.807, 2.05) is 0 Å². The van der Waals surface area contributed by atoms with E-state index < -0.39 is 0 Å². The van der Waals surface area contributed by atoms with Crippen LogP contribution in [-0.2, 0) is 6.42 Å². The average Bonchev–Trinajstić information content (AvgIpc) is 2.31. The third-order valence-corrected chi connectivity index (χ3v) is 3.20. The Bertz CT molecular complexity index is 341. The van der Waals surface area contributed by atoms with Crippen molar-refractivity contribution >= 4 is 11.6 Å². The molecule has 0 heterocycles. The second-order valence-corrected chi connectivity index (χ2v) is 4.85. The highest BCUT2D eigenvalue weighted by Gasteiger charge is 2.10. The number of rotatable bonds is 7. The molecule has 0 saturated heterocycles. The van der Waals surface area contributed by atoms with Gasteiger partial charge in [0.15, 0.2) is 0 Å². The maximum absolute atomic E-state index is 13.6. The van der Waals surface area contributed by atoms with Gasteiger partial charge in [-0.1, -0.05) is 37.9 Å². The molecule has 0 aliphatic carbocycles. The number of halogens is 2. The Morgan fingerprint density at radius 2 is 2.12 bits per heavy atom. The third kappa shape index (κ3) is 5.05. The molecule has 3 heteroatoms. The van der Waals surface area contributed by atoms with E-state index >= 15 is 0 Å². The van der Waals surface area contributed by atoms with Gasteiger partial charge in [-0.25, -0.2) is 4.39 Å². The minimum absolute atomic E-state index is 0.188. The Kier molecular flexibility index (Phi) is 6.53. The quantitative estimate of drug-likeness (QED) is 0.727. The summed E-state index contributed by atoms with van der Waals surface area (Å²) in [6.45, 7) is 6.27. The van der Waals surface area contributed by atoms with Crippen molar-refractivity contribution in [1.82, 2.24) is 5.32 Å². The van der Waals surface area contributed by atoms with Crippen molar-refractivity contribution in [2.75, 3.05) is 13.1 Å². The lowest BCUT2D eigenvalue weighted by molar-refractivity contribution is 0.451. The smallest absolute Gasteiger partial charge is 0.127 e. The summed E-state index contributed by atoms with van der Waals surface area (Å²) in [6.07, 6.45) is 2.96. The van der Waals surface area contributed by atoms with Crippen LogP contribution in [0.2, 0.25) is 5.02 Å². The first kappa shape index (κ1) is 14.5. The molecule has 0 aliphatic rings. The van der Waals surface area contributed by atoms with Crippen LogP contribution >= 0.6 is 11.6 Å². The van der Waals surface area contributed by atoms with Crippen molar-refractivity contribution in [2.45, 2.75) is 33.1 Å². The Hall–Kier alpha value is -0.600. The Labute approximate surface area is 108 Å². The SMILES string of the molecule is CCCNCC(CC)Cc1ccc(Cl)cc1F. The van der Waals surface area contributed by atoms with Crippen molar-refractivity contribution < 1.29 is 4.39 Å². The maximum Gasteiger partial charge on any atom is 0.127 e. The van der Waals surface area contributed by atoms with Gasteiger partial charge >= 0.3 is 0 Å². The van der Waals surface area contributed by atoms with E-state index in [4.69, 9.17) is 11.6 Å². The van der Waals surface area contributed by atoms with Crippen LogP contribution in [0.4, 0.5) is 4.39 Å². The zero-order valence-electron chi connectivity index (χ0n) is 10.6. The first-order valence-corrected chi connectivity index (χ1v) is 6.69. The van der Waals surface area contributed by atoms with Crippen LogP contribution in [0.25, 0.3) is 0 Å². The van der Waals surface area contributed by atoms with E-state index in [1.165, 1.54) is 6.07 Å². The van der Waals surface area contributed by atoms with Gasteiger partial charge < -0.3 is 5.32 Å². The monoisotopic (exact) mass is 257 g/mol. The van der Waals surface area contributed by atoms with Crippen LogP contribution in [-0.4, -0.2) is 13.1 Å². The van der Waals surface area contributed by atoms with E-state index in [0.717, 1.165) is 37.9 Å². The van der Waals surface area contributed by atoms with Gasteiger partial charge in [-0.05, 0) is 49.5 Å². The Balaban J connectivity index is 2.54. The summed E-state index contributed by atoms with van der Waals surface area (Å²) in [5.74, 6) is 0.295. The maximum atomic E-state index is 13.6. The molecule has 1 unspecified atom stereocenters. The first-order valence-electron chi connectivity index (χ1n) is 6.32. The lowest BCUT2D eigenvalue weighted by Gasteiger charge is -2.16. The minimum Gasteiger partial charge on any atom is -0.316 e. The van der Waals surface area contributed by atoms with Gasteiger partial charge in [-0.2, -0.15) is 0 Å². The predicted octanol–water partition coefficient (Wildman–Crippen LogP) is 4.05. The molecule has 17 heavy (non-hydrogen) atoms. The lowest BCUT2D eigenvalue weighted by Crippen LogP contribution is -2.24. The summed E-state index contributed by atoms with van der Waals surface area (Å²) in [5.41, 5.74) is 0.763. The predicted molar refractivity (Wildman–Crippen MR) is 72.1 cm³/mol. The summed E-state index contributed by atoms with van der Waals surface area (Å²) in [6, 6.07) is 4.94. The second-order valence-electron chi connectivity index (χ2n) is 4.42. The standard InChI is InChI=1S/C14H21ClFN/c1-3-7-17-10-11(4-2)8-12-5-6-13(15)9-14(12)16/h5-6,9,11,17H,3-4,7-8,10H2,1-2H3. The Morgan fingerprint density at radius 1 is 1.35 bits per heavy atom. The fraction of sp³-hybridized carbons (Fsp3) is 0.571. The Morgan fingerprint density at radius 3 is 2.71 bits per heavy atom. The average molecular weight is 258 g/mol. The van der Waals surface area contributed by atoms with Gasteiger partial charge in [-0.3, -0.25) is 0 Å². The van der Waals surface area contributed by atoms with Gasteiger partial charge in [0.1, 0.15) is 5.82 Å². The van der Waals surface area contributed by atoms with Crippen LogP contribution in [0.15, 0.2) is 18.2 Å². The van der Waals surface area contributed by atoms with Crippen molar-refractivity contribution in [3.05, 3.63) is 34.6 Å². The number of hydrogen-bond acceptors (Lipinski definition) is 1. The van der Waals surface area contributed by atoms with Gasteiger partial charge in [0.25, 0.3) is 0 Å². The molecular weight excluding hydrogens is 237 g/mol. The normalized spacial score (nSPS) is 12.7. The summed E-state index contributed by atoms with van der Waals surface area (Å²) >= 11 is 5.74. The molecular formula is C14H21ClFN. The fourth-order valence-electron chi connectivity index (χ4n) is 1.84. The second kappa shape index (κ2) is 7.67. The molecule has 1 nitrogen and oxygen atoms in total. The first-order chi connectivity index (χ1) is 8.17. The summed E-state index contributed by atoms with van der Waals surface area (Å²) in [7, 11) is 0. The van der Waals surface area contributed by atoms with E-state index in [-0.39, 0.29) is 5.82 Å². The number of hydrogen-bond donors (Lipinski definition) is 1. The van der Waals surface area contributed by atoms with Crippen LogP contribution in [0.1, 0.15) is 32.3 Å². The minimum atomic E-state index is -0.188. The van der Waals surface area contributed by atoms with Crippen LogP contribution in [0, 0.1) is 11.7 Å². The van der Waals surface area contributed by atoms with Gasteiger partial charge in [0.2, 0.25) is 0 Å². The molecule has 1 N–H and O–H groups in total. The summed E-state index contributed by atoms with van der Waals surface area (Å²) in [4.78, 5) is 0. The fourth-order valence-corrected chi connectivity index (χ4v) is 2.00. The summed E-state index contributed by atoms with van der Waals surface area (Å²) in [5, 5.41) is 3.85. The van der Waals surface area contributed by atoms with Crippen LogP contribution in [0.5, 0.6) is 0 Å². The van der Waals surface area contributed by atoms with Crippen molar-refractivity contribution in [3.8, 4) is 0 Å². The van der Waals surface area contributed by atoms with Gasteiger partial charge in [-0.15, -0.1) is 0 Å². The number of nitrogens with one attached hydrogen (secondary N) is 1. The molecule has 0 amide bonds. The van der Waals surface area contributed by atoms with Crippen molar-refractivity contribution in [1.29, 1.82) is 0 Å². The summed E-state index contributed by atoms with van der Waals surface area (Å²) < 4.78 is 13.6. The molecule has 1 aromatic rings. The van der Waals surface area contributed by atoms with Crippen LogP contribution < -0.4 is 5.32 Å². The molecule has 0 bridgehead atoms. The highest BCUT2D eigenvalue weighted by molar-refractivity contribution is 6.30. The van der Waals surface area contributed by atoms with E-state index in [0.29, 0.717) is 10.9 Å². The molecule has 1 atom stereocenters. The molecule has 0 aliphatic heterocycles. The molecule has 0 aromatic heterocycles. The molecule has 0 radical (unpaired) electrons. The van der Waals surface area contributed by atoms with Crippen molar-refractivity contribution in [3.63, 3.8) is 0 Å². The van der Waals surface area contributed by atoms with E-state index in [9.17, 15) is 4.39 Å². The highest BCUT2D eigenvalue weighted by atomic mass is 35.5. The van der Waals surface area contributed by atoms with E-state index in [1.54, 1.807) is 12.1 Å². The van der Waals surface area contributed by atoms with Gasteiger partial charge in [0, 0.05) is 5.02 Å². The van der Waals surface area contributed by atoms with Crippen LogP contribution in [0.3, 0.4) is 0 Å². The van der Waals surface area contributed by atoms with Gasteiger partial charge in [0.05, 0.1) is 0 Å². The zero-order valence-corrected chi connectivity index (χ0v) is 11.4. The molecule has 0 saturated carbocycles. The molecule has 1 aromatic carbocycles. The van der Waals surface area contributed by atoms with Crippen molar-refractivity contribution in [2.24, 2.45) is 5.92 Å². The molecule has 0 fully saturated rings. The number of benzene rings is 1. The highest BCUT2D eigenvalue weighted by Crippen LogP contribution is 2.18. The van der Waals surface area contributed by atoms with E-state index in [2.05, 4.69) is 19.2 Å². The molecule has 0 spiro atoms. The topological polar surface area (TPSA) is 12.0 Å².